The second-order valence-electron chi connectivity index (χ2n) is 2.96. The Labute approximate surface area is 87.5 Å². The molecule has 1 heterocycles. The van der Waals surface area contributed by atoms with E-state index < -0.39 is 0 Å². The molecule has 0 radical (unpaired) electrons. The predicted octanol–water partition coefficient (Wildman–Crippen LogP) is 2.51. The Balaban J connectivity index is 2.17. The zero-order chi connectivity index (χ0) is 10.5. The van der Waals surface area contributed by atoms with Crippen molar-refractivity contribution < 1.29 is 9.21 Å². The second-order valence-corrected chi connectivity index (χ2v) is 2.96. The molecule has 2 nitrogen and oxygen atoms in total. The summed E-state index contributed by atoms with van der Waals surface area (Å²) in [5.41, 5.74) is 1.31. The van der Waals surface area contributed by atoms with E-state index in [0.717, 1.165) is 5.56 Å². The number of Topliss-reactive ketones (excluding diaryl/α,β-unsaturated/α-hetero) is 1. The summed E-state index contributed by atoms with van der Waals surface area (Å²) < 4.78 is 4.80. The van der Waals surface area contributed by atoms with Crippen molar-refractivity contribution in [2.75, 3.05) is 0 Å². The largest absolute Gasteiger partial charge is 0.472 e. The molecule has 2 heteroatoms. The highest BCUT2D eigenvalue weighted by Gasteiger charge is 2.01. The Kier molecular flexibility index (Phi) is 2.66. The van der Waals surface area contributed by atoms with Crippen LogP contribution in [0.5, 0.6) is 0 Å². The number of benzene rings is 1. The summed E-state index contributed by atoms with van der Waals surface area (Å²) in [6.45, 7) is 0. The van der Waals surface area contributed by atoms with E-state index in [0.29, 0.717) is 5.56 Å². The summed E-state index contributed by atoms with van der Waals surface area (Å²) in [7, 11) is 0. The molecule has 72 valence electrons. The molecule has 0 saturated heterocycles. The molecule has 2 aromatic rings. The zero-order valence-corrected chi connectivity index (χ0v) is 7.94. The van der Waals surface area contributed by atoms with Gasteiger partial charge in [-0.05, 0) is 24.1 Å². The smallest absolute Gasteiger partial charge is 0.239 e. The van der Waals surface area contributed by atoms with Crippen LogP contribution < -0.4 is 0 Å². The number of furan rings is 1. The maximum Gasteiger partial charge on any atom is 0.239 e. The molecule has 2 rings (SSSR count). The first kappa shape index (κ1) is 9.29. The highest BCUT2D eigenvalue weighted by molar-refractivity contribution is 6.09. The maximum atomic E-state index is 11.4. The Morgan fingerprint density at radius 3 is 2.60 bits per heavy atom. The average molecular weight is 196 g/mol. The van der Waals surface area contributed by atoms with Crippen LogP contribution in [0.2, 0.25) is 0 Å². The summed E-state index contributed by atoms with van der Waals surface area (Å²) >= 11 is 0. The van der Waals surface area contributed by atoms with Crippen molar-refractivity contribution in [2.45, 2.75) is 0 Å². The molecular formula is C13H8O2. The average Bonchev–Trinajstić information content (AvgIpc) is 2.81. The maximum absolute atomic E-state index is 11.4. The molecule has 1 aromatic carbocycles. The van der Waals surface area contributed by atoms with Crippen LogP contribution >= 0.6 is 0 Å². The van der Waals surface area contributed by atoms with Gasteiger partial charge in [0.1, 0.15) is 6.26 Å². The van der Waals surface area contributed by atoms with Crippen LogP contribution in [0, 0.1) is 11.8 Å². The van der Waals surface area contributed by atoms with Gasteiger partial charge in [-0.1, -0.05) is 24.1 Å². The fourth-order valence-corrected chi connectivity index (χ4v) is 1.12. The molecular weight excluding hydrogens is 188 g/mol. The first-order chi connectivity index (χ1) is 7.36. The van der Waals surface area contributed by atoms with Gasteiger partial charge in [0.15, 0.2) is 0 Å². The molecule has 0 saturated carbocycles. The minimum atomic E-state index is -0.229. The lowest BCUT2D eigenvalue weighted by molar-refractivity contribution is 0.105. The van der Waals surface area contributed by atoms with Crippen LogP contribution in [0.15, 0.2) is 53.3 Å². The summed E-state index contributed by atoms with van der Waals surface area (Å²) in [5, 5.41) is 0. The lowest BCUT2D eigenvalue weighted by Gasteiger charge is -1.86. The minimum absolute atomic E-state index is 0.229. The van der Waals surface area contributed by atoms with Crippen molar-refractivity contribution in [3.8, 4) is 11.8 Å². The van der Waals surface area contributed by atoms with Gasteiger partial charge >= 0.3 is 0 Å². The van der Waals surface area contributed by atoms with Crippen molar-refractivity contribution in [3.05, 3.63) is 60.1 Å². The summed E-state index contributed by atoms with van der Waals surface area (Å²) in [6, 6.07) is 11.0. The number of hydrogen-bond acceptors (Lipinski definition) is 2. The van der Waals surface area contributed by atoms with E-state index in [2.05, 4.69) is 11.8 Å². The quantitative estimate of drug-likeness (QED) is 0.518. The van der Waals surface area contributed by atoms with E-state index >= 15 is 0 Å². The first-order valence-electron chi connectivity index (χ1n) is 4.50. The zero-order valence-electron chi connectivity index (χ0n) is 7.94. The molecule has 0 aliphatic heterocycles. The highest BCUT2D eigenvalue weighted by atomic mass is 16.3. The van der Waals surface area contributed by atoms with Crippen LogP contribution in [-0.2, 0) is 0 Å². The number of carbonyl (C=O) groups excluding carboxylic acids is 1. The van der Waals surface area contributed by atoms with Gasteiger partial charge in [-0.25, -0.2) is 0 Å². The van der Waals surface area contributed by atoms with Gasteiger partial charge in [0.25, 0.3) is 0 Å². The molecule has 0 aliphatic rings. The number of carbonyl (C=O) groups is 1. The summed E-state index contributed by atoms with van der Waals surface area (Å²) in [6.07, 6.45) is 2.85. The lowest BCUT2D eigenvalue weighted by atomic mass is 10.2. The van der Waals surface area contributed by atoms with Gasteiger partial charge in [0.05, 0.1) is 11.8 Å². The van der Waals surface area contributed by atoms with Crippen molar-refractivity contribution >= 4 is 5.78 Å². The number of ketones is 1. The molecule has 0 fully saturated rings. The fraction of sp³-hybridized carbons (Fsp3) is 0. The predicted molar refractivity (Wildman–Crippen MR) is 56.4 cm³/mol. The van der Waals surface area contributed by atoms with Crippen LogP contribution in [-0.4, -0.2) is 5.78 Å². The van der Waals surface area contributed by atoms with Crippen molar-refractivity contribution in [1.82, 2.24) is 0 Å². The van der Waals surface area contributed by atoms with Crippen LogP contribution in [0.1, 0.15) is 15.9 Å². The molecule has 0 unspecified atom stereocenters. The summed E-state index contributed by atoms with van der Waals surface area (Å²) in [5.74, 6) is 5.11. The van der Waals surface area contributed by atoms with Crippen molar-refractivity contribution in [3.63, 3.8) is 0 Å². The lowest BCUT2D eigenvalue weighted by Crippen LogP contribution is -1.91. The highest BCUT2D eigenvalue weighted by Crippen LogP contribution is 2.01. The van der Waals surface area contributed by atoms with E-state index in [1.54, 1.807) is 6.07 Å². The molecule has 15 heavy (non-hydrogen) atoms. The molecule has 0 N–H and O–H groups in total. The van der Waals surface area contributed by atoms with E-state index in [-0.39, 0.29) is 5.78 Å². The molecule has 1 aromatic heterocycles. The van der Waals surface area contributed by atoms with E-state index in [1.807, 2.05) is 30.3 Å². The second kappa shape index (κ2) is 4.30. The van der Waals surface area contributed by atoms with Crippen molar-refractivity contribution in [1.29, 1.82) is 0 Å². The van der Waals surface area contributed by atoms with E-state index in [9.17, 15) is 4.79 Å². The Morgan fingerprint density at radius 2 is 1.93 bits per heavy atom. The van der Waals surface area contributed by atoms with Gasteiger partial charge in [0, 0.05) is 5.56 Å². The standard InChI is InChI=1S/C13H8O2/c14-13(12-8-9-15-10-12)7-6-11-4-2-1-3-5-11/h1-5,8-10H. The Morgan fingerprint density at radius 1 is 1.13 bits per heavy atom. The van der Waals surface area contributed by atoms with E-state index in [4.69, 9.17) is 4.42 Å². The number of rotatable bonds is 1. The molecule has 0 spiro atoms. The topological polar surface area (TPSA) is 30.2 Å². The SMILES string of the molecule is O=C(C#Cc1ccccc1)c1ccoc1. The fourth-order valence-electron chi connectivity index (χ4n) is 1.12. The molecule has 0 amide bonds. The first-order valence-corrected chi connectivity index (χ1v) is 4.50. The van der Waals surface area contributed by atoms with Gasteiger partial charge in [-0.2, -0.15) is 0 Å². The van der Waals surface area contributed by atoms with Crippen LogP contribution in [0.4, 0.5) is 0 Å². The third-order valence-electron chi connectivity index (χ3n) is 1.88. The normalized spacial score (nSPS) is 9.07. The van der Waals surface area contributed by atoms with Gasteiger partial charge in [-0.3, -0.25) is 4.79 Å². The molecule has 0 aliphatic carbocycles. The van der Waals surface area contributed by atoms with Gasteiger partial charge in [-0.15, -0.1) is 0 Å². The Bertz CT molecular complexity index is 498. The number of hydrogen-bond donors (Lipinski definition) is 0. The van der Waals surface area contributed by atoms with Crippen LogP contribution in [0.25, 0.3) is 0 Å². The third kappa shape index (κ3) is 2.35. The molecule has 0 atom stereocenters. The Hall–Kier alpha value is -2.27. The van der Waals surface area contributed by atoms with Crippen molar-refractivity contribution in [2.24, 2.45) is 0 Å². The minimum Gasteiger partial charge on any atom is -0.472 e. The monoisotopic (exact) mass is 196 g/mol. The van der Waals surface area contributed by atoms with E-state index in [1.165, 1.54) is 12.5 Å². The van der Waals surface area contributed by atoms with Crippen LogP contribution in [0.3, 0.4) is 0 Å². The third-order valence-corrected chi connectivity index (χ3v) is 1.88. The van der Waals surface area contributed by atoms with Gasteiger partial charge in [0.2, 0.25) is 5.78 Å². The summed E-state index contributed by atoms with van der Waals surface area (Å²) in [4.78, 5) is 11.4. The molecule has 0 bridgehead atoms. The van der Waals surface area contributed by atoms with Gasteiger partial charge < -0.3 is 4.42 Å².